The zero-order valence-electron chi connectivity index (χ0n) is 9.38. The first-order chi connectivity index (χ1) is 6.56. The summed E-state index contributed by atoms with van der Waals surface area (Å²) in [5, 5.41) is 2.87. The molecule has 0 aromatic rings. The summed E-state index contributed by atoms with van der Waals surface area (Å²) in [6.07, 6.45) is 0.611. The fourth-order valence-corrected chi connectivity index (χ4v) is 1.95. The van der Waals surface area contributed by atoms with Crippen LogP contribution in [-0.2, 0) is 4.79 Å². The Labute approximate surface area is 91.2 Å². The Bertz CT molecular complexity index is 162. The van der Waals surface area contributed by atoms with E-state index in [-0.39, 0.29) is 11.9 Å². The molecule has 84 valence electrons. The zero-order valence-corrected chi connectivity index (χ0v) is 10.2. The van der Waals surface area contributed by atoms with Crippen LogP contribution >= 0.6 is 11.8 Å². The first-order valence-electron chi connectivity index (χ1n) is 5.13. The van der Waals surface area contributed by atoms with Crippen LogP contribution in [-0.4, -0.2) is 30.0 Å². The van der Waals surface area contributed by atoms with Crippen molar-refractivity contribution >= 4 is 17.7 Å². The van der Waals surface area contributed by atoms with E-state index in [1.807, 2.05) is 13.8 Å². The predicted octanol–water partition coefficient (Wildman–Crippen LogP) is 1.23. The minimum absolute atomic E-state index is 0.146. The van der Waals surface area contributed by atoms with Gasteiger partial charge in [0.2, 0.25) is 5.91 Å². The minimum atomic E-state index is 0.146. The standard InChI is InChI=1S/C10H22N2OS/c1-8(2)12-10(13)4-5-14-7-9(3)6-11/h8-9H,4-7,11H2,1-3H3,(H,12,13). The van der Waals surface area contributed by atoms with Crippen LogP contribution in [0.2, 0.25) is 0 Å². The number of carbonyl (C=O) groups is 1. The Morgan fingerprint density at radius 2 is 2.07 bits per heavy atom. The first-order valence-corrected chi connectivity index (χ1v) is 6.29. The van der Waals surface area contributed by atoms with Crippen LogP contribution in [0.15, 0.2) is 0 Å². The van der Waals surface area contributed by atoms with Crippen LogP contribution in [0, 0.1) is 5.92 Å². The van der Waals surface area contributed by atoms with Crippen LogP contribution in [0.3, 0.4) is 0 Å². The van der Waals surface area contributed by atoms with Gasteiger partial charge in [-0.3, -0.25) is 4.79 Å². The van der Waals surface area contributed by atoms with Gasteiger partial charge in [-0.2, -0.15) is 11.8 Å². The lowest BCUT2D eigenvalue weighted by Gasteiger charge is -2.09. The number of rotatable bonds is 7. The molecule has 3 nitrogen and oxygen atoms in total. The van der Waals surface area contributed by atoms with Crippen molar-refractivity contribution in [3.8, 4) is 0 Å². The fraction of sp³-hybridized carbons (Fsp3) is 0.900. The molecule has 0 aromatic carbocycles. The predicted molar refractivity (Wildman–Crippen MR) is 63.4 cm³/mol. The highest BCUT2D eigenvalue weighted by Crippen LogP contribution is 2.08. The summed E-state index contributed by atoms with van der Waals surface area (Å²) in [5.74, 6) is 2.63. The maximum Gasteiger partial charge on any atom is 0.221 e. The van der Waals surface area contributed by atoms with E-state index in [1.54, 1.807) is 11.8 Å². The Morgan fingerprint density at radius 1 is 1.43 bits per heavy atom. The average molecular weight is 218 g/mol. The Balaban J connectivity index is 3.31. The molecule has 0 heterocycles. The molecule has 0 radical (unpaired) electrons. The third kappa shape index (κ3) is 8.38. The molecule has 0 aliphatic carbocycles. The molecule has 0 saturated carbocycles. The van der Waals surface area contributed by atoms with Crippen molar-refractivity contribution in [2.45, 2.75) is 33.2 Å². The fourth-order valence-electron chi connectivity index (χ4n) is 0.912. The second-order valence-corrected chi connectivity index (χ2v) is 5.04. The van der Waals surface area contributed by atoms with E-state index in [1.165, 1.54) is 0 Å². The van der Waals surface area contributed by atoms with Crippen LogP contribution in [0.1, 0.15) is 27.2 Å². The van der Waals surface area contributed by atoms with Crippen molar-refractivity contribution in [3.05, 3.63) is 0 Å². The van der Waals surface area contributed by atoms with E-state index < -0.39 is 0 Å². The molecule has 1 amide bonds. The lowest BCUT2D eigenvalue weighted by molar-refractivity contribution is -0.121. The largest absolute Gasteiger partial charge is 0.354 e. The molecule has 0 spiro atoms. The summed E-state index contributed by atoms with van der Waals surface area (Å²) >= 11 is 1.80. The maximum atomic E-state index is 11.2. The molecule has 1 unspecified atom stereocenters. The van der Waals surface area contributed by atoms with E-state index in [0.717, 1.165) is 18.1 Å². The second-order valence-electron chi connectivity index (χ2n) is 3.89. The molecular formula is C10H22N2OS. The Hall–Kier alpha value is -0.220. The highest BCUT2D eigenvalue weighted by Gasteiger charge is 2.04. The van der Waals surface area contributed by atoms with Crippen molar-refractivity contribution in [2.24, 2.45) is 11.7 Å². The number of nitrogens with two attached hydrogens (primary N) is 1. The van der Waals surface area contributed by atoms with E-state index in [9.17, 15) is 4.79 Å². The van der Waals surface area contributed by atoms with Crippen molar-refractivity contribution < 1.29 is 4.79 Å². The van der Waals surface area contributed by atoms with Crippen molar-refractivity contribution in [1.82, 2.24) is 5.32 Å². The van der Waals surface area contributed by atoms with Gasteiger partial charge in [-0.15, -0.1) is 0 Å². The molecule has 0 fully saturated rings. The van der Waals surface area contributed by atoms with E-state index in [4.69, 9.17) is 5.73 Å². The van der Waals surface area contributed by atoms with Crippen molar-refractivity contribution in [3.63, 3.8) is 0 Å². The number of nitrogens with one attached hydrogen (secondary N) is 1. The highest BCUT2D eigenvalue weighted by molar-refractivity contribution is 7.99. The second kappa shape index (κ2) is 8.12. The molecule has 4 heteroatoms. The molecule has 14 heavy (non-hydrogen) atoms. The van der Waals surface area contributed by atoms with E-state index in [0.29, 0.717) is 12.3 Å². The average Bonchev–Trinajstić information content (AvgIpc) is 2.10. The summed E-state index contributed by atoms with van der Waals surface area (Å²) in [7, 11) is 0. The van der Waals surface area contributed by atoms with Gasteiger partial charge in [0.25, 0.3) is 0 Å². The summed E-state index contributed by atoms with van der Waals surface area (Å²) in [4.78, 5) is 11.2. The molecular weight excluding hydrogens is 196 g/mol. The summed E-state index contributed by atoms with van der Waals surface area (Å²) in [5.41, 5.74) is 5.49. The zero-order chi connectivity index (χ0) is 11.0. The summed E-state index contributed by atoms with van der Waals surface area (Å²) < 4.78 is 0. The van der Waals surface area contributed by atoms with E-state index >= 15 is 0 Å². The first kappa shape index (κ1) is 13.8. The Morgan fingerprint density at radius 3 is 2.57 bits per heavy atom. The monoisotopic (exact) mass is 218 g/mol. The number of hydrogen-bond donors (Lipinski definition) is 2. The summed E-state index contributed by atoms with van der Waals surface area (Å²) in [6, 6.07) is 0.246. The lowest BCUT2D eigenvalue weighted by atomic mass is 10.2. The van der Waals surface area contributed by atoms with Gasteiger partial charge >= 0.3 is 0 Å². The van der Waals surface area contributed by atoms with Gasteiger partial charge in [-0.1, -0.05) is 6.92 Å². The molecule has 0 aromatic heterocycles. The van der Waals surface area contributed by atoms with Crippen LogP contribution in [0.25, 0.3) is 0 Å². The van der Waals surface area contributed by atoms with Crippen LogP contribution in [0.5, 0.6) is 0 Å². The molecule has 3 N–H and O–H groups in total. The quantitative estimate of drug-likeness (QED) is 0.632. The maximum absolute atomic E-state index is 11.2. The normalized spacial score (nSPS) is 12.9. The van der Waals surface area contributed by atoms with Gasteiger partial charge in [-0.25, -0.2) is 0 Å². The summed E-state index contributed by atoms with van der Waals surface area (Å²) in [6.45, 7) is 6.80. The number of thioether (sulfide) groups is 1. The van der Waals surface area contributed by atoms with Gasteiger partial charge in [0, 0.05) is 18.2 Å². The smallest absolute Gasteiger partial charge is 0.221 e. The molecule has 0 aliphatic rings. The number of hydrogen-bond acceptors (Lipinski definition) is 3. The van der Waals surface area contributed by atoms with Gasteiger partial charge in [0.1, 0.15) is 0 Å². The van der Waals surface area contributed by atoms with Gasteiger partial charge < -0.3 is 11.1 Å². The highest BCUT2D eigenvalue weighted by atomic mass is 32.2. The van der Waals surface area contributed by atoms with Gasteiger partial charge in [-0.05, 0) is 32.1 Å². The number of amides is 1. The SMILES string of the molecule is CC(CN)CSCCC(=O)NC(C)C. The van der Waals surface area contributed by atoms with Gasteiger partial charge in [0.05, 0.1) is 0 Å². The van der Waals surface area contributed by atoms with Crippen molar-refractivity contribution in [1.29, 1.82) is 0 Å². The molecule has 1 atom stereocenters. The van der Waals surface area contributed by atoms with Gasteiger partial charge in [0.15, 0.2) is 0 Å². The molecule has 0 rings (SSSR count). The molecule has 0 saturated heterocycles. The lowest BCUT2D eigenvalue weighted by Crippen LogP contribution is -2.30. The van der Waals surface area contributed by atoms with Crippen LogP contribution < -0.4 is 11.1 Å². The third-order valence-corrected chi connectivity index (χ3v) is 3.03. The van der Waals surface area contributed by atoms with E-state index in [2.05, 4.69) is 12.2 Å². The van der Waals surface area contributed by atoms with Crippen LogP contribution in [0.4, 0.5) is 0 Å². The number of carbonyl (C=O) groups excluding carboxylic acids is 1. The molecule has 0 bridgehead atoms. The third-order valence-electron chi connectivity index (χ3n) is 1.73. The van der Waals surface area contributed by atoms with Crippen molar-refractivity contribution in [2.75, 3.05) is 18.1 Å². The minimum Gasteiger partial charge on any atom is -0.354 e. The Kier molecular flexibility index (Phi) is 7.99. The topological polar surface area (TPSA) is 55.1 Å². The molecule has 0 aliphatic heterocycles.